The van der Waals surface area contributed by atoms with Gasteiger partial charge in [0.1, 0.15) is 0 Å². The van der Waals surface area contributed by atoms with E-state index in [4.69, 9.17) is 4.99 Å². The summed E-state index contributed by atoms with van der Waals surface area (Å²) in [5, 5.41) is 2.19. The molecule has 0 aliphatic heterocycles. The number of nitrogens with zero attached hydrogens (tertiary/aromatic N) is 3. The minimum atomic E-state index is 0.341. The summed E-state index contributed by atoms with van der Waals surface area (Å²) in [4.78, 5) is 9.91. The van der Waals surface area contributed by atoms with Gasteiger partial charge in [0.25, 0.3) is 0 Å². The van der Waals surface area contributed by atoms with E-state index >= 15 is 0 Å². The second-order valence-corrected chi connectivity index (χ2v) is 6.83. The zero-order valence-corrected chi connectivity index (χ0v) is 14.8. The average molecular weight is 323 g/mol. The molecule has 0 atom stereocenters. The van der Waals surface area contributed by atoms with Crippen LogP contribution in [0.2, 0.25) is 0 Å². The predicted molar refractivity (Wildman–Crippen MR) is 97.1 cm³/mol. The molecule has 0 radical (unpaired) electrons. The number of rotatable bonds is 3. The predicted octanol–water partition coefficient (Wildman–Crippen LogP) is 5.04. The maximum Gasteiger partial charge on any atom is 0.190 e. The van der Waals surface area contributed by atoms with Gasteiger partial charge in [0, 0.05) is 17.6 Å². The van der Waals surface area contributed by atoms with E-state index in [1.807, 2.05) is 12.1 Å². The first-order valence-electron chi connectivity index (χ1n) is 7.78. The van der Waals surface area contributed by atoms with E-state index in [9.17, 15) is 0 Å². The SMILES string of the molecule is Cc1ccc(-c2csc(=Nc3cccnc3)n2C(C)C)cc1C. The molecule has 0 fully saturated rings. The molecule has 0 N–H and O–H groups in total. The summed E-state index contributed by atoms with van der Waals surface area (Å²) in [6.45, 7) is 8.69. The Kier molecular flexibility index (Phi) is 4.44. The number of benzene rings is 1. The van der Waals surface area contributed by atoms with Crippen LogP contribution >= 0.6 is 11.3 Å². The summed E-state index contributed by atoms with van der Waals surface area (Å²) < 4.78 is 2.29. The molecular formula is C19H21N3S. The van der Waals surface area contributed by atoms with Gasteiger partial charge in [0.15, 0.2) is 4.80 Å². The van der Waals surface area contributed by atoms with E-state index in [2.05, 4.69) is 60.8 Å². The van der Waals surface area contributed by atoms with Crippen LogP contribution in [0.3, 0.4) is 0 Å². The van der Waals surface area contributed by atoms with Gasteiger partial charge < -0.3 is 4.57 Å². The van der Waals surface area contributed by atoms with Gasteiger partial charge in [0.2, 0.25) is 0 Å². The zero-order valence-electron chi connectivity index (χ0n) is 13.9. The fraction of sp³-hybridized carbons (Fsp3) is 0.263. The lowest BCUT2D eigenvalue weighted by atomic mass is 10.0. The van der Waals surface area contributed by atoms with Crippen molar-refractivity contribution in [2.45, 2.75) is 33.7 Å². The molecule has 0 aliphatic rings. The number of hydrogen-bond donors (Lipinski definition) is 0. The maximum absolute atomic E-state index is 4.77. The summed E-state index contributed by atoms with van der Waals surface area (Å²) in [5.74, 6) is 0. The van der Waals surface area contributed by atoms with E-state index in [1.165, 1.54) is 22.4 Å². The molecule has 0 saturated carbocycles. The van der Waals surface area contributed by atoms with Crippen molar-refractivity contribution >= 4 is 17.0 Å². The topological polar surface area (TPSA) is 30.2 Å². The van der Waals surface area contributed by atoms with Crippen molar-refractivity contribution < 1.29 is 0 Å². The van der Waals surface area contributed by atoms with Crippen molar-refractivity contribution in [1.82, 2.24) is 9.55 Å². The number of pyridine rings is 1. The standard InChI is InChI=1S/C19H21N3S/c1-13(2)22-18(16-8-7-14(3)15(4)10-16)12-23-19(22)21-17-6-5-9-20-11-17/h5-13H,1-4H3. The van der Waals surface area contributed by atoms with Crippen LogP contribution in [0.15, 0.2) is 53.1 Å². The largest absolute Gasteiger partial charge is 0.314 e. The minimum absolute atomic E-state index is 0.341. The van der Waals surface area contributed by atoms with Crippen molar-refractivity contribution in [2.75, 3.05) is 0 Å². The lowest BCUT2D eigenvalue weighted by Gasteiger charge is -2.13. The summed E-state index contributed by atoms with van der Waals surface area (Å²) in [6, 6.07) is 10.9. The third kappa shape index (κ3) is 3.27. The third-order valence-corrected chi connectivity index (χ3v) is 4.77. The highest BCUT2D eigenvalue weighted by Gasteiger charge is 2.11. The Morgan fingerprint density at radius 1 is 1.13 bits per heavy atom. The molecule has 2 aromatic heterocycles. The third-order valence-electron chi connectivity index (χ3n) is 3.93. The molecule has 3 aromatic rings. The first kappa shape index (κ1) is 15.7. The Balaban J connectivity index is 2.16. The lowest BCUT2D eigenvalue weighted by molar-refractivity contribution is 0.591. The van der Waals surface area contributed by atoms with Crippen LogP contribution in [0.5, 0.6) is 0 Å². The zero-order chi connectivity index (χ0) is 16.4. The molecule has 0 unspecified atom stereocenters. The number of thiazole rings is 1. The molecule has 0 amide bonds. The van der Waals surface area contributed by atoms with Gasteiger partial charge in [-0.05, 0) is 62.6 Å². The smallest absolute Gasteiger partial charge is 0.190 e. The van der Waals surface area contributed by atoms with Crippen molar-refractivity contribution in [3.63, 3.8) is 0 Å². The van der Waals surface area contributed by atoms with Crippen LogP contribution < -0.4 is 4.80 Å². The highest BCUT2D eigenvalue weighted by atomic mass is 32.1. The molecule has 118 valence electrons. The Labute approximate surface area is 141 Å². The van der Waals surface area contributed by atoms with Gasteiger partial charge in [-0.1, -0.05) is 12.1 Å². The second kappa shape index (κ2) is 6.50. The van der Waals surface area contributed by atoms with Gasteiger partial charge in [-0.2, -0.15) is 0 Å². The fourth-order valence-electron chi connectivity index (χ4n) is 2.54. The van der Waals surface area contributed by atoms with Gasteiger partial charge in [-0.25, -0.2) is 4.99 Å². The monoisotopic (exact) mass is 323 g/mol. The molecule has 23 heavy (non-hydrogen) atoms. The van der Waals surface area contributed by atoms with Crippen molar-refractivity contribution in [3.05, 3.63) is 64.0 Å². The van der Waals surface area contributed by atoms with Gasteiger partial charge in [0.05, 0.1) is 17.6 Å². The van der Waals surface area contributed by atoms with Gasteiger partial charge in [-0.3, -0.25) is 4.98 Å². The van der Waals surface area contributed by atoms with E-state index < -0.39 is 0 Å². The van der Waals surface area contributed by atoms with E-state index in [1.54, 1.807) is 23.7 Å². The second-order valence-electron chi connectivity index (χ2n) is 5.99. The van der Waals surface area contributed by atoms with Crippen LogP contribution in [0.4, 0.5) is 5.69 Å². The van der Waals surface area contributed by atoms with E-state index in [-0.39, 0.29) is 0 Å². The molecule has 2 heterocycles. The van der Waals surface area contributed by atoms with Crippen molar-refractivity contribution in [2.24, 2.45) is 4.99 Å². The van der Waals surface area contributed by atoms with Crippen LogP contribution in [0.1, 0.15) is 31.0 Å². The van der Waals surface area contributed by atoms with Crippen LogP contribution in [-0.2, 0) is 0 Å². The minimum Gasteiger partial charge on any atom is -0.314 e. The summed E-state index contributed by atoms with van der Waals surface area (Å²) in [6.07, 6.45) is 3.56. The number of hydrogen-bond acceptors (Lipinski definition) is 3. The maximum atomic E-state index is 4.77. The molecule has 3 rings (SSSR count). The first-order valence-corrected chi connectivity index (χ1v) is 8.66. The fourth-order valence-corrected chi connectivity index (χ4v) is 3.59. The molecule has 0 saturated heterocycles. The Hall–Kier alpha value is -2.20. The molecule has 1 aromatic carbocycles. The molecule has 3 nitrogen and oxygen atoms in total. The Bertz CT molecular complexity index is 873. The molecule has 4 heteroatoms. The molecule has 0 aliphatic carbocycles. The van der Waals surface area contributed by atoms with Crippen LogP contribution in [0.25, 0.3) is 11.3 Å². The highest BCUT2D eigenvalue weighted by molar-refractivity contribution is 7.07. The highest BCUT2D eigenvalue weighted by Crippen LogP contribution is 2.25. The van der Waals surface area contributed by atoms with Gasteiger partial charge in [-0.15, -0.1) is 11.3 Å². The summed E-state index contributed by atoms with van der Waals surface area (Å²) >= 11 is 1.67. The van der Waals surface area contributed by atoms with Crippen LogP contribution in [-0.4, -0.2) is 9.55 Å². The van der Waals surface area contributed by atoms with E-state index in [0.717, 1.165) is 10.5 Å². The molecular weight excluding hydrogens is 302 g/mol. The average Bonchev–Trinajstić information content (AvgIpc) is 2.95. The first-order chi connectivity index (χ1) is 11.1. The number of aryl methyl sites for hydroxylation is 2. The molecule has 0 bridgehead atoms. The van der Waals surface area contributed by atoms with E-state index in [0.29, 0.717) is 6.04 Å². The summed E-state index contributed by atoms with van der Waals surface area (Å²) in [7, 11) is 0. The normalized spacial score (nSPS) is 12.1. The Morgan fingerprint density at radius 3 is 2.61 bits per heavy atom. The van der Waals surface area contributed by atoms with Crippen LogP contribution in [0, 0.1) is 13.8 Å². The Morgan fingerprint density at radius 2 is 1.96 bits per heavy atom. The quantitative estimate of drug-likeness (QED) is 0.664. The van der Waals surface area contributed by atoms with Crippen molar-refractivity contribution in [1.29, 1.82) is 0 Å². The molecule has 0 spiro atoms. The number of aromatic nitrogens is 2. The lowest BCUT2D eigenvalue weighted by Crippen LogP contribution is -2.17. The van der Waals surface area contributed by atoms with Gasteiger partial charge >= 0.3 is 0 Å². The summed E-state index contributed by atoms with van der Waals surface area (Å²) in [5.41, 5.74) is 5.98. The van der Waals surface area contributed by atoms with Crippen molar-refractivity contribution in [3.8, 4) is 11.3 Å².